The van der Waals surface area contributed by atoms with Gasteiger partial charge in [-0.15, -0.1) is 0 Å². The molecule has 6 heteroatoms. The van der Waals surface area contributed by atoms with E-state index in [9.17, 15) is 14.4 Å². The third-order valence-electron chi connectivity index (χ3n) is 5.67. The third kappa shape index (κ3) is 3.85. The molecule has 0 aliphatic carbocycles. The fraction of sp³-hybridized carbons (Fsp3) is 0.292. The van der Waals surface area contributed by atoms with E-state index < -0.39 is 17.8 Å². The number of piperidine rings is 1. The summed E-state index contributed by atoms with van der Waals surface area (Å²) in [5, 5.41) is 2.28. The molecule has 2 aliphatic heterocycles. The molecule has 0 saturated carbocycles. The van der Waals surface area contributed by atoms with Crippen LogP contribution in [0.2, 0.25) is 0 Å². The lowest BCUT2D eigenvalue weighted by Crippen LogP contribution is -2.54. The van der Waals surface area contributed by atoms with Gasteiger partial charge in [-0.2, -0.15) is 0 Å². The molecule has 0 bridgehead atoms. The minimum Gasteiger partial charge on any atom is -0.372 e. The van der Waals surface area contributed by atoms with Gasteiger partial charge in [0, 0.05) is 18.8 Å². The molecular weight excluding hydrogens is 378 g/mol. The number of nitrogens with one attached hydrogen (secondary N) is 1. The van der Waals surface area contributed by atoms with Crippen LogP contribution in [-0.4, -0.2) is 30.9 Å². The quantitative estimate of drug-likeness (QED) is 0.622. The van der Waals surface area contributed by atoms with Crippen molar-refractivity contribution >= 4 is 35.3 Å². The number of anilines is 2. The summed E-state index contributed by atoms with van der Waals surface area (Å²) < 4.78 is 0. The highest BCUT2D eigenvalue weighted by Crippen LogP contribution is 2.26. The summed E-state index contributed by atoms with van der Waals surface area (Å²) in [7, 11) is 0. The summed E-state index contributed by atoms with van der Waals surface area (Å²) in [6.45, 7) is 5.99. The Morgan fingerprint density at radius 2 is 1.53 bits per heavy atom. The third-order valence-corrected chi connectivity index (χ3v) is 5.67. The van der Waals surface area contributed by atoms with Crippen molar-refractivity contribution in [3.63, 3.8) is 0 Å². The molecule has 30 heavy (non-hydrogen) atoms. The Bertz CT molecular complexity index is 1030. The molecule has 2 saturated heterocycles. The van der Waals surface area contributed by atoms with Crippen LogP contribution < -0.4 is 15.1 Å². The fourth-order valence-electron chi connectivity index (χ4n) is 3.91. The molecule has 154 valence electrons. The van der Waals surface area contributed by atoms with Crippen LogP contribution in [0.4, 0.5) is 16.2 Å². The first-order chi connectivity index (χ1) is 14.4. The van der Waals surface area contributed by atoms with Crippen LogP contribution in [0.3, 0.4) is 0 Å². The van der Waals surface area contributed by atoms with Gasteiger partial charge >= 0.3 is 6.03 Å². The predicted molar refractivity (Wildman–Crippen MR) is 117 cm³/mol. The number of rotatable bonds is 3. The predicted octanol–water partition coefficient (Wildman–Crippen LogP) is 3.96. The van der Waals surface area contributed by atoms with Crippen LogP contribution in [-0.2, 0) is 9.59 Å². The summed E-state index contributed by atoms with van der Waals surface area (Å²) in [5.74, 6) is -1.29. The van der Waals surface area contributed by atoms with Crippen LogP contribution in [0.15, 0.2) is 48.0 Å². The lowest BCUT2D eigenvalue weighted by molar-refractivity contribution is -0.122. The summed E-state index contributed by atoms with van der Waals surface area (Å²) in [5.41, 5.74) is 4.31. The molecule has 2 heterocycles. The monoisotopic (exact) mass is 403 g/mol. The van der Waals surface area contributed by atoms with Gasteiger partial charge in [0.2, 0.25) is 0 Å². The van der Waals surface area contributed by atoms with Gasteiger partial charge in [-0.3, -0.25) is 14.9 Å². The second-order valence-electron chi connectivity index (χ2n) is 7.88. The Morgan fingerprint density at radius 3 is 2.20 bits per heavy atom. The molecule has 2 aromatic rings. The Morgan fingerprint density at radius 1 is 0.867 bits per heavy atom. The van der Waals surface area contributed by atoms with E-state index in [0.717, 1.165) is 40.4 Å². The molecule has 0 spiro atoms. The summed E-state index contributed by atoms with van der Waals surface area (Å²) >= 11 is 0. The van der Waals surface area contributed by atoms with Crippen molar-refractivity contribution in [1.82, 2.24) is 5.32 Å². The van der Waals surface area contributed by atoms with Gasteiger partial charge in [-0.25, -0.2) is 9.69 Å². The highest BCUT2D eigenvalue weighted by molar-refractivity contribution is 6.39. The zero-order chi connectivity index (χ0) is 21.3. The average Bonchev–Trinajstić information content (AvgIpc) is 2.74. The highest BCUT2D eigenvalue weighted by Gasteiger charge is 2.36. The smallest absolute Gasteiger partial charge is 0.335 e. The molecule has 0 unspecified atom stereocenters. The second kappa shape index (κ2) is 8.14. The zero-order valence-corrected chi connectivity index (χ0v) is 17.3. The first-order valence-corrected chi connectivity index (χ1v) is 10.3. The maximum absolute atomic E-state index is 13.0. The Balaban J connectivity index is 1.64. The summed E-state index contributed by atoms with van der Waals surface area (Å²) in [6, 6.07) is 12.3. The number of amides is 4. The van der Waals surface area contributed by atoms with Crippen molar-refractivity contribution in [3.05, 3.63) is 64.7 Å². The van der Waals surface area contributed by atoms with Gasteiger partial charge in [0.25, 0.3) is 11.8 Å². The largest absolute Gasteiger partial charge is 0.372 e. The van der Waals surface area contributed by atoms with Crippen molar-refractivity contribution in [3.8, 4) is 0 Å². The van der Waals surface area contributed by atoms with E-state index in [1.165, 1.54) is 19.3 Å². The first-order valence-electron chi connectivity index (χ1n) is 10.3. The molecule has 6 nitrogen and oxygen atoms in total. The number of barbiturate groups is 1. The number of hydrogen-bond donors (Lipinski definition) is 1. The molecule has 0 aromatic heterocycles. The number of nitrogens with zero attached hydrogens (tertiary/aromatic N) is 2. The van der Waals surface area contributed by atoms with E-state index in [2.05, 4.69) is 16.3 Å². The van der Waals surface area contributed by atoms with Gasteiger partial charge in [0.05, 0.1) is 5.69 Å². The van der Waals surface area contributed by atoms with E-state index in [4.69, 9.17) is 0 Å². The van der Waals surface area contributed by atoms with E-state index in [1.807, 2.05) is 38.1 Å². The number of benzene rings is 2. The Labute approximate surface area is 176 Å². The summed E-state index contributed by atoms with van der Waals surface area (Å²) in [4.78, 5) is 41.1. The highest BCUT2D eigenvalue weighted by atomic mass is 16.2. The van der Waals surface area contributed by atoms with Crippen LogP contribution in [0.5, 0.6) is 0 Å². The van der Waals surface area contributed by atoms with Gasteiger partial charge in [0.1, 0.15) is 5.57 Å². The van der Waals surface area contributed by atoms with Crippen LogP contribution in [0.1, 0.15) is 36.0 Å². The van der Waals surface area contributed by atoms with Crippen molar-refractivity contribution in [2.45, 2.75) is 33.1 Å². The molecule has 1 N–H and O–H groups in total. The lowest BCUT2D eigenvalue weighted by Gasteiger charge is -2.29. The topological polar surface area (TPSA) is 69.7 Å². The van der Waals surface area contributed by atoms with Crippen molar-refractivity contribution < 1.29 is 14.4 Å². The number of imide groups is 2. The number of aryl methyl sites for hydroxylation is 2. The average molecular weight is 403 g/mol. The van der Waals surface area contributed by atoms with Crippen molar-refractivity contribution in [2.75, 3.05) is 22.9 Å². The Hall–Kier alpha value is -3.41. The number of hydrogen-bond acceptors (Lipinski definition) is 4. The minimum absolute atomic E-state index is 0.0519. The maximum Gasteiger partial charge on any atom is 0.335 e. The van der Waals surface area contributed by atoms with Gasteiger partial charge in [0.15, 0.2) is 0 Å². The van der Waals surface area contributed by atoms with E-state index in [-0.39, 0.29) is 5.57 Å². The second-order valence-corrected chi connectivity index (χ2v) is 7.88. The molecule has 2 aliphatic rings. The molecule has 4 rings (SSSR count). The van der Waals surface area contributed by atoms with Gasteiger partial charge < -0.3 is 4.90 Å². The van der Waals surface area contributed by atoms with Gasteiger partial charge in [-0.05, 0) is 74.6 Å². The molecule has 0 atom stereocenters. The lowest BCUT2D eigenvalue weighted by atomic mass is 10.0. The van der Waals surface area contributed by atoms with E-state index in [1.54, 1.807) is 18.2 Å². The number of urea groups is 1. The van der Waals surface area contributed by atoms with Crippen molar-refractivity contribution in [2.24, 2.45) is 0 Å². The minimum atomic E-state index is -0.733. The van der Waals surface area contributed by atoms with E-state index in [0.29, 0.717) is 5.69 Å². The van der Waals surface area contributed by atoms with Crippen LogP contribution >= 0.6 is 0 Å². The fourth-order valence-corrected chi connectivity index (χ4v) is 3.91. The summed E-state index contributed by atoms with van der Waals surface area (Å²) in [6.07, 6.45) is 5.23. The SMILES string of the molecule is Cc1ccc(N2C(=O)NC(=O)C(=Cc3ccc(N4CCCCC4)cc3C)C2=O)cc1. The first kappa shape index (κ1) is 19.9. The normalized spacial score (nSPS) is 18.7. The molecule has 2 aromatic carbocycles. The number of carbonyl (C=O) groups is 3. The van der Waals surface area contributed by atoms with Crippen LogP contribution in [0.25, 0.3) is 6.08 Å². The van der Waals surface area contributed by atoms with Crippen molar-refractivity contribution in [1.29, 1.82) is 0 Å². The molecular formula is C24H25N3O3. The maximum atomic E-state index is 13.0. The molecule has 0 radical (unpaired) electrons. The number of carbonyl (C=O) groups excluding carboxylic acids is 3. The van der Waals surface area contributed by atoms with Gasteiger partial charge in [-0.1, -0.05) is 23.8 Å². The van der Waals surface area contributed by atoms with Crippen LogP contribution in [0, 0.1) is 13.8 Å². The zero-order valence-electron chi connectivity index (χ0n) is 17.3. The Kier molecular flexibility index (Phi) is 5.40. The standard InChI is InChI=1S/C24H25N3O3/c1-16-6-9-19(10-7-16)27-23(29)21(22(28)25-24(27)30)15-18-8-11-20(14-17(18)2)26-12-4-3-5-13-26/h6-11,14-15H,3-5,12-13H2,1-2H3,(H,25,28,30). The van der Waals surface area contributed by atoms with E-state index >= 15 is 0 Å². The molecule has 2 fully saturated rings. The molecule has 4 amide bonds.